The van der Waals surface area contributed by atoms with Crippen LogP contribution < -0.4 is 0 Å². The zero-order valence-corrected chi connectivity index (χ0v) is 5.48. The largest absolute Gasteiger partial charge is 0.147 e. The van der Waals surface area contributed by atoms with E-state index in [1.54, 1.807) is 0 Å². The van der Waals surface area contributed by atoms with Gasteiger partial charge >= 0.3 is 0 Å². The maximum Gasteiger partial charge on any atom is 0.107 e. The summed E-state index contributed by atoms with van der Waals surface area (Å²) in [5.41, 5.74) is 0. The summed E-state index contributed by atoms with van der Waals surface area (Å²) in [5, 5.41) is 0. The highest BCUT2D eigenvalue weighted by Crippen LogP contribution is 2.03. The van der Waals surface area contributed by atoms with Gasteiger partial charge in [-0.05, 0) is 6.42 Å². The molecule has 0 saturated carbocycles. The minimum atomic E-state index is -0.282. The van der Waals surface area contributed by atoms with Crippen molar-refractivity contribution < 1.29 is 0 Å². The van der Waals surface area contributed by atoms with Gasteiger partial charge in [0.05, 0.1) is 0 Å². The lowest BCUT2D eigenvalue weighted by molar-refractivity contribution is 1.16. The molecule has 0 unspecified atom stereocenters. The molecule has 0 amide bonds. The van der Waals surface area contributed by atoms with Crippen molar-refractivity contribution >= 4 is 35.6 Å². The van der Waals surface area contributed by atoms with Gasteiger partial charge in [-0.1, -0.05) is 6.92 Å². The minimum absolute atomic E-state index is 0. The van der Waals surface area contributed by atoms with Gasteiger partial charge in [-0.2, -0.15) is 0 Å². The molecule has 0 rings (SSSR count). The second kappa shape index (κ2) is 5.87. The molecule has 0 fully saturated rings. The van der Waals surface area contributed by atoms with Gasteiger partial charge in [0.25, 0.3) is 0 Å². The maximum absolute atomic E-state index is 5.17. The number of hydrogen-bond donors (Lipinski definition) is 0. The summed E-state index contributed by atoms with van der Waals surface area (Å²) in [6.07, 6.45) is 0.586. The van der Waals surface area contributed by atoms with E-state index in [0.29, 0.717) is 6.42 Å². The van der Waals surface area contributed by atoms with Crippen LogP contribution in [-0.2, 0) is 0 Å². The fraction of sp³-hybridized carbons (Fsp3) is 0.667. The Morgan fingerprint density at radius 1 is 1.50 bits per heavy atom. The van der Waals surface area contributed by atoms with Gasteiger partial charge in [0.15, 0.2) is 0 Å². The van der Waals surface area contributed by atoms with Gasteiger partial charge in [-0.25, -0.2) is 0 Å². The normalized spacial score (nSPS) is 8.00. The monoisotopic (exact) mass is 147 g/mol. The molecular formula is C3H6Cl3. The Morgan fingerprint density at radius 3 is 1.67 bits per heavy atom. The molecule has 0 nitrogen and oxygen atoms in total. The third-order valence-corrected chi connectivity index (χ3v) is 0.655. The van der Waals surface area contributed by atoms with Gasteiger partial charge in [-0.3, -0.25) is 0 Å². The van der Waals surface area contributed by atoms with E-state index < -0.39 is 0 Å². The van der Waals surface area contributed by atoms with Crippen LogP contribution in [-0.4, -0.2) is 4.84 Å². The van der Waals surface area contributed by atoms with Crippen LogP contribution in [0.1, 0.15) is 6.42 Å². The molecule has 0 aromatic carbocycles. The first-order chi connectivity index (χ1) is 2.27. The average Bonchev–Trinajstić information content (AvgIpc) is 1.38. The topological polar surface area (TPSA) is 0 Å². The highest BCUT2D eigenvalue weighted by molar-refractivity contribution is 6.44. The summed E-state index contributed by atoms with van der Waals surface area (Å²) in [4.78, 5) is -0.282. The van der Waals surface area contributed by atoms with Crippen LogP contribution in [0.4, 0.5) is 0 Å². The van der Waals surface area contributed by atoms with Crippen LogP contribution in [0.15, 0.2) is 0 Å². The first kappa shape index (κ1) is 9.98. The van der Waals surface area contributed by atoms with Crippen molar-refractivity contribution in [1.29, 1.82) is 0 Å². The lowest BCUT2D eigenvalue weighted by Gasteiger charge is -1.84. The third kappa shape index (κ3) is 8.85. The fourth-order valence-corrected chi connectivity index (χ4v) is 0. The standard InChI is InChI=1S/C3H5Cl2.ClH/c1-2-3(4)5;/h3H,1-2H2;1H. The van der Waals surface area contributed by atoms with Crippen LogP contribution in [0, 0.1) is 6.92 Å². The molecular weight excluding hydrogens is 142 g/mol. The number of hydrogen-bond acceptors (Lipinski definition) is 0. The first-order valence-electron chi connectivity index (χ1n) is 1.34. The summed E-state index contributed by atoms with van der Waals surface area (Å²) in [5.74, 6) is 0. The lowest BCUT2D eigenvalue weighted by Crippen LogP contribution is -1.76. The second-order valence-electron chi connectivity index (χ2n) is 0.680. The third-order valence-electron chi connectivity index (χ3n) is 0.218. The molecule has 0 aliphatic rings. The van der Waals surface area contributed by atoms with Crippen molar-refractivity contribution in [2.24, 2.45) is 0 Å². The Hall–Kier alpha value is 0.870. The molecule has 0 N–H and O–H groups in total. The first-order valence-corrected chi connectivity index (χ1v) is 2.22. The van der Waals surface area contributed by atoms with E-state index in [0.717, 1.165) is 0 Å². The van der Waals surface area contributed by atoms with E-state index >= 15 is 0 Å². The number of alkyl halides is 2. The molecule has 0 aliphatic heterocycles. The van der Waals surface area contributed by atoms with Gasteiger partial charge in [0.2, 0.25) is 0 Å². The molecule has 0 aromatic rings. The van der Waals surface area contributed by atoms with Crippen molar-refractivity contribution in [3.63, 3.8) is 0 Å². The SMILES string of the molecule is Cl.[CH2]CC(Cl)Cl. The number of halogens is 3. The van der Waals surface area contributed by atoms with Crippen LogP contribution in [0.5, 0.6) is 0 Å². The molecule has 0 spiro atoms. The van der Waals surface area contributed by atoms with E-state index in [-0.39, 0.29) is 17.2 Å². The van der Waals surface area contributed by atoms with E-state index in [4.69, 9.17) is 23.2 Å². The summed E-state index contributed by atoms with van der Waals surface area (Å²) < 4.78 is 0. The Bertz CT molecular complexity index is 20.0. The summed E-state index contributed by atoms with van der Waals surface area (Å²) in [6.45, 7) is 3.42. The van der Waals surface area contributed by atoms with Crippen LogP contribution in [0.25, 0.3) is 0 Å². The highest BCUT2D eigenvalue weighted by Gasteiger charge is 1.86. The molecule has 0 heterocycles. The summed E-state index contributed by atoms with van der Waals surface area (Å²) >= 11 is 10.3. The van der Waals surface area contributed by atoms with E-state index in [9.17, 15) is 0 Å². The molecule has 3 heteroatoms. The predicted octanol–water partition coefficient (Wildman–Crippen LogP) is 2.44. The summed E-state index contributed by atoms with van der Waals surface area (Å²) in [7, 11) is 0. The lowest BCUT2D eigenvalue weighted by atomic mass is 10.6. The van der Waals surface area contributed by atoms with Crippen molar-refractivity contribution in [3.05, 3.63) is 6.92 Å². The average molecular weight is 148 g/mol. The van der Waals surface area contributed by atoms with Gasteiger partial charge < -0.3 is 0 Å². The maximum atomic E-state index is 5.17. The Morgan fingerprint density at radius 2 is 1.67 bits per heavy atom. The predicted molar refractivity (Wildman–Crippen MR) is 32.7 cm³/mol. The molecule has 0 saturated heterocycles. The fourth-order valence-electron chi connectivity index (χ4n) is 0. The molecule has 0 aromatic heterocycles. The van der Waals surface area contributed by atoms with Gasteiger partial charge in [0, 0.05) is 0 Å². The Kier molecular flexibility index (Phi) is 9.76. The van der Waals surface area contributed by atoms with Crippen molar-refractivity contribution in [2.75, 3.05) is 0 Å². The van der Waals surface area contributed by atoms with Crippen LogP contribution in [0.2, 0.25) is 0 Å². The molecule has 0 aliphatic carbocycles. The second-order valence-corrected chi connectivity index (χ2v) is 1.96. The van der Waals surface area contributed by atoms with E-state index in [2.05, 4.69) is 6.92 Å². The molecule has 0 atom stereocenters. The van der Waals surface area contributed by atoms with Crippen molar-refractivity contribution in [2.45, 2.75) is 11.3 Å². The smallest absolute Gasteiger partial charge is 0.107 e. The molecule has 6 heavy (non-hydrogen) atoms. The Labute approximate surface area is 54.2 Å². The molecule has 0 bridgehead atoms. The zero-order valence-electron chi connectivity index (χ0n) is 3.16. The highest BCUT2D eigenvalue weighted by atomic mass is 35.5. The van der Waals surface area contributed by atoms with E-state index in [1.807, 2.05) is 0 Å². The van der Waals surface area contributed by atoms with Gasteiger partial charge in [-0.15, -0.1) is 35.6 Å². The van der Waals surface area contributed by atoms with Crippen LogP contribution in [0.3, 0.4) is 0 Å². The molecule has 1 radical (unpaired) electrons. The molecule has 39 valence electrons. The van der Waals surface area contributed by atoms with E-state index in [1.165, 1.54) is 0 Å². The van der Waals surface area contributed by atoms with Crippen LogP contribution >= 0.6 is 35.6 Å². The van der Waals surface area contributed by atoms with Gasteiger partial charge in [0.1, 0.15) is 4.84 Å². The minimum Gasteiger partial charge on any atom is -0.147 e. The summed E-state index contributed by atoms with van der Waals surface area (Å²) in [6, 6.07) is 0. The number of rotatable bonds is 1. The quantitative estimate of drug-likeness (QED) is 0.501. The Balaban J connectivity index is 0. The zero-order chi connectivity index (χ0) is 4.28. The van der Waals surface area contributed by atoms with Crippen molar-refractivity contribution in [1.82, 2.24) is 0 Å². The van der Waals surface area contributed by atoms with Crippen molar-refractivity contribution in [3.8, 4) is 0 Å².